The van der Waals surface area contributed by atoms with Gasteiger partial charge in [0.25, 0.3) is 0 Å². The fourth-order valence-electron chi connectivity index (χ4n) is 1.04. The molecular formula is C9H9N5. The molecule has 0 aliphatic rings. The molecule has 5 heteroatoms. The smallest absolute Gasteiger partial charge is 0.138 e. The normalized spacial score (nSPS) is 10.9. The van der Waals surface area contributed by atoms with Crippen LogP contribution in [0.15, 0.2) is 36.9 Å². The highest BCUT2D eigenvalue weighted by atomic mass is 15.5. The van der Waals surface area contributed by atoms with Gasteiger partial charge in [-0.3, -0.25) is 4.98 Å². The van der Waals surface area contributed by atoms with Gasteiger partial charge in [-0.15, -0.1) is 5.10 Å². The van der Waals surface area contributed by atoms with E-state index in [2.05, 4.69) is 20.5 Å². The van der Waals surface area contributed by atoms with Crippen LogP contribution in [0.25, 0.3) is 6.08 Å². The number of nitrogens with zero attached hydrogens (tertiary/aromatic N) is 5. The molecule has 0 aliphatic heterocycles. The Balaban J connectivity index is 1.96. The molecule has 5 nitrogen and oxygen atoms in total. The summed E-state index contributed by atoms with van der Waals surface area (Å²) >= 11 is 0. The molecule has 2 aromatic rings. The van der Waals surface area contributed by atoms with Crippen molar-refractivity contribution >= 4 is 6.08 Å². The number of allylic oxidation sites excluding steroid dienone is 1. The lowest BCUT2D eigenvalue weighted by atomic mass is 10.2. The average Bonchev–Trinajstić information content (AvgIpc) is 2.72. The van der Waals surface area contributed by atoms with E-state index in [0.717, 1.165) is 5.56 Å². The molecular weight excluding hydrogens is 178 g/mol. The van der Waals surface area contributed by atoms with E-state index in [-0.39, 0.29) is 0 Å². The van der Waals surface area contributed by atoms with Gasteiger partial charge in [-0.05, 0) is 22.1 Å². The van der Waals surface area contributed by atoms with Crippen LogP contribution in [0.3, 0.4) is 0 Å². The topological polar surface area (TPSA) is 56.5 Å². The number of rotatable bonds is 3. The van der Waals surface area contributed by atoms with Crippen LogP contribution in [-0.2, 0) is 6.54 Å². The molecule has 14 heavy (non-hydrogen) atoms. The summed E-state index contributed by atoms with van der Waals surface area (Å²) in [5, 5.41) is 10.8. The number of tetrazole rings is 1. The minimum absolute atomic E-state index is 0.669. The maximum absolute atomic E-state index is 4.00. The number of hydrogen-bond donors (Lipinski definition) is 0. The van der Waals surface area contributed by atoms with E-state index in [1.54, 1.807) is 23.4 Å². The number of pyridine rings is 1. The third-order valence-electron chi connectivity index (χ3n) is 1.68. The Morgan fingerprint density at radius 3 is 3.14 bits per heavy atom. The zero-order valence-electron chi connectivity index (χ0n) is 7.48. The second-order valence-electron chi connectivity index (χ2n) is 2.72. The monoisotopic (exact) mass is 187 g/mol. The molecule has 0 bridgehead atoms. The molecule has 2 rings (SSSR count). The zero-order valence-corrected chi connectivity index (χ0v) is 7.48. The van der Waals surface area contributed by atoms with E-state index < -0.39 is 0 Å². The first kappa shape index (κ1) is 8.55. The summed E-state index contributed by atoms with van der Waals surface area (Å²) in [4.78, 5) is 4.00. The predicted octanol–water partition coefficient (Wildman–Crippen LogP) is 0.781. The molecule has 0 N–H and O–H groups in total. The maximum Gasteiger partial charge on any atom is 0.138 e. The lowest BCUT2D eigenvalue weighted by molar-refractivity contribution is 0.661. The molecule has 0 fully saturated rings. The van der Waals surface area contributed by atoms with Crippen molar-refractivity contribution in [2.45, 2.75) is 6.54 Å². The van der Waals surface area contributed by atoms with Crippen molar-refractivity contribution < 1.29 is 0 Å². The van der Waals surface area contributed by atoms with Crippen molar-refractivity contribution in [3.05, 3.63) is 42.5 Å². The highest BCUT2D eigenvalue weighted by Gasteiger charge is 1.87. The summed E-state index contributed by atoms with van der Waals surface area (Å²) in [7, 11) is 0. The van der Waals surface area contributed by atoms with Crippen LogP contribution in [-0.4, -0.2) is 25.2 Å². The summed E-state index contributed by atoms with van der Waals surface area (Å²) in [5.74, 6) is 0. The van der Waals surface area contributed by atoms with Gasteiger partial charge >= 0.3 is 0 Å². The van der Waals surface area contributed by atoms with Gasteiger partial charge in [-0.1, -0.05) is 18.2 Å². The van der Waals surface area contributed by atoms with Crippen molar-refractivity contribution in [1.82, 2.24) is 25.2 Å². The molecule has 70 valence electrons. The fraction of sp³-hybridized carbons (Fsp3) is 0.111. The van der Waals surface area contributed by atoms with Gasteiger partial charge in [0.05, 0.1) is 6.54 Å². The molecule has 0 saturated carbocycles. The standard InChI is InChI=1S/C9H9N5/c1-3-9(7-10-5-1)4-2-6-14-8-11-12-13-14/h1-5,7-8H,6H2/b4-2+. The maximum atomic E-state index is 4.00. The third-order valence-corrected chi connectivity index (χ3v) is 1.68. The molecule has 0 radical (unpaired) electrons. The van der Waals surface area contributed by atoms with Crippen LogP contribution < -0.4 is 0 Å². The first-order valence-electron chi connectivity index (χ1n) is 4.22. The minimum atomic E-state index is 0.669. The second-order valence-corrected chi connectivity index (χ2v) is 2.72. The van der Waals surface area contributed by atoms with Crippen LogP contribution in [0.5, 0.6) is 0 Å². The van der Waals surface area contributed by atoms with E-state index >= 15 is 0 Å². The Kier molecular flexibility index (Phi) is 2.61. The van der Waals surface area contributed by atoms with E-state index in [4.69, 9.17) is 0 Å². The van der Waals surface area contributed by atoms with Gasteiger partial charge < -0.3 is 0 Å². The predicted molar refractivity (Wildman–Crippen MR) is 51.1 cm³/mol. The molecule has 0 atom stereocenters. The first-order chi connectivity index (χ1) is 6.95. The molecule has 0 aliphatic carbocycles. The van der Waals surface area contributed by atoms with Gasteiger partial charge in [0.2, 0.25) is 0 Å². The molecule has 0 saturated heterocycles. The molecule has 0 spiro atoms. The average molecular weight is 187 g/mol. The Labute approximate surface area is 81.1 Å². The Hall–Kier alpha value is -2.04. The van der Waals surface area contributed by atoms with Crippen molar-refractivity contribution in [3.8, 4) is 0 Å². The van der Waals surface area contributed by atoms with Gasteiger partial charge in [-0.25, -0.2) is 4.68 Å². The summed E-state index contributed by atoms with van der Waals surface area (Å²) in [6, 6.07) is 3.89. The summed E-state index contributed by atoms with van der Waals surface area (Å²) in [6.45, 7) is 0.669. The van der Waals surface area contributed by atoms with Gasteiger partial charge in [0.1, 0.15) is 6.33 Å². The van der Waals surface area contributed by atoms with Crippen molar-refractivity contribution in [2.75, 3.05) is 0 Å². The van der Waals surface area contributed by atoms with Crippen LogP contribution in [0.2, 0.25) is 0 Å². The van der Waals surface area contributed by atoms with E-state index in [0.29, 0.717) is 6.54 Å². The van der Waals surface area contributed by atoms with Crippen molar-refractivity contribution in [1.29, 1.82) is 0 Å². The molecule has 0 unspecified atom stereocenters. The zero-order chi connectivity index (χ0) is 9.64. The third kappa shape index (κ3) is 2.22. The van der Waals surface area contributed by atoms with Gasteiger partial charge in [-0.2, -0.15) is 0 Å². The van der Waals surface area contributed by atoms with Gasteiger partial charge in [0, 0.05) is 12.4 Å². The second kappa shape index (κ2) is 4.27. The van der Waals surface area contributed by atoms with E-state index in [1.807, 2.05) is 24.3 Å². The molecule has 2 heterocycles. The molecule has 2 aromatic heterocycles. The van der Waals surface area contributed by atoms with Crippen molar-refractivity contribution in [3.63, 3.8) is 0 Å². The molecule has 0 amide bonds. The number of aromatic nitrogens is 5. The Morgan fingerprint density at radius 1 is 1.43 bits per heavy atom. The summed E-state index contributed by atoms with van der Waals surface area (Å²) in [6.07, 6.45) is 9.09. The quantitative estimate of drug-likeness (QED) is 0.712. The SMILES string of the molecule is C(=C\c1cccnc1)/Cn1cnnn1. The highest BCUT2D eigenvalue weighted by Crippen LogP contribution is 1.98. The Morgan fingerprint density at radius 2 is 2.43 bits per heavy atom. The summed E-state index contributed by atoms with van der Waals surface area (Å²) < 4.78 is 1.65. The number of hydrogen-bond acceptors (Lipinski definition) is 4. The van der Waals surface area contributed by atoms with Crippen LogP contribution in [0, 0.1) is 0 Å². The van der Waals surface area contributed by atoms with Crippen molar-refractivity contribution in [2.24, 2.45) is 0 Å². The van der Waals surface area contributed by atoms with Gasteiger partial charge in [0.15, 0.2) is 0 Å². The van der Waals surface area contributed by atoms with E-state index in [1.165, 1.54) is 0 Å². The minimum Gasteiger partial charge on any atom is -0.264 e. The fourth-order valence-corrected chi connectivity index (χ4v) is 1.04. The molecule has 0 aromatic carbocycles. The highest BCUT2D eigenvalue weighted by molar-refractivity contribution is 5.46. The lowest BCUT2D eigenvalue weighted by Crippen LogP contribution is -1.95. The van der Waals surface area contributed by atoms with Crippen LogP contribution in [0.1, 0.15) is 5.56 Å². The Bertz CT molecular complexity index is 392. The lowest BCUT2D eigenvalue weighted by Gasteiger charge is -1.91. The van der Waals surface area contributed by atoms with Crippen LogP contribution >= 0.6 is 0 Å². The largest absolute Gasteiger partial charge is 0.264 e. The summed E-state index contributed by atoms with van der Waals surface area (Å²) in [5.41, 5.74) is 1.07. The van der Waals surface area contributed by atoms with E-state index in [9.17, 15) is 0 Å². The first-order valence-corrected chi connectivity index (χ1v) is 4.22. The van der Waals surface area contributed by atoms with Crippen LogP contribution in [0.4, 0.5) is 0 Å².